The molecule has 3 rings (SSSR count). The van der Waals surface area contributed by atoms with E-state index in [0.717, 1.165) is 37.2 Å². The fraction of sp³-hybridized carbons (Fsp3) is 0.579. The molecule has 6 heteroatoms. The molecule has 2 amide bonds. The van der Waals surface area contributed by atoms with Gasteiger partial charge in [0, 0.05) is 50.1 Å². The molecule has 5 nitrogen and oxygen atoms in total. The van der Waals surface area contributed by atoms with Gasteiger partial charge in [0.25, 0.3) is 0 Å². The van der Waals surface area contributed by atoms with Gasteiger partial charge in [-0.2, -0.15) is 0 Å². The molecule has 1 fully saturated rings. The van der Waals surface area contributed by atoms with Crippen LogP contribution in [0.3, 0.4) is 0 Å². The number of fused-ring (bicyclic) bond motifs is 1. The van der Waals surface area contributed by atoms with Crippen LogP contribution in [0.25, 0.3) is 0 Å². The smallest absolute Gasteiger partial charge is 0.227 e. The summed E-state index contributed by atoms with van der Waals surface area (Å²) in [6.07, 6.45) is 3.03. The van der Waals surface area contributed by atoms with Crippen LogP contribution in [0.4, 0.5) is 5.69 Å². The average molecular weight is 364 g/mol. The molecule has 1 aromatic carbocycles. The third-order valence-electron chi connectivity index (χ3n) is 5.27. The number of hydrogen-bond donors (Lipinski definition) is 1. The molecule has 0 radical (unpaired) electrons. The molecular weight excluding hydrogens is 338 g/mol. The van der Waals surface area contributed by atoms with Crippen molar-refractivity contribution in [3.8, 4) is 0 Å². The molecule has 2 unspecified atom stereocenters. The summed E-state index contributed by atoms with van der Waals surface area (Å²) in [6, 6.07) is 5.63. The first-order valence-electron chi connectivity index (χ1n) is 8.96. The van der Waals surface area contributed by atoms with Gasteiger partial charge in [-0.15, -0.1) is 0 Å². The molecule has 0 aliphatic carbocycles. The van der Waals surface area contributed by atoms with Crippen molar-refractivity contribution in [2.45, 2.75) is 31.6 Å². The lowest BCUT2D eigenvalue weighted by atomic mass is 9.97. The minimum absolute atomic E-state index is 0.0145. The van der Waals surface area contributed by atoms with E-state index in [2.05, 4.69) is 5.32 Å². The van der Waals surface area contributed by atoms with Gasteiger partial charge in [0.15, 0.2) is 0 Å². The maximum absolute atomic E-state index is 12.8. The fourth-order valence-electron chi connectivity index (χ4n) is 3.74. The first kappa shape index (κ1) is 18.2. The Morgan fingerprint density at radius 3 is 2.84 bits per heavy atom. The summed E-state index contributed by atoms with van der Waals surface area (Å²) in [5, 5.41) is 3.99. The van der Waals surface area contributed by atoms with Gasteiger partial charge in [0.2, 0.25) is 11.8 Å². The molecule has 136 valence electrons. The SMILES string of the molecule is CN(C)C(=O)CC1CN(C(=O)CCC2CCNC2)c2ccc(Cl)cc21. The maximum Gasteiger partial charge on any atom is 0.227 e. The van der Waals surface area contributed by atoms with E-state index in [9.17, 15) is 9.59 Å². The zero-order valence-corrected chi connectivity index (χ0v) is 15.7. The number of hydrogen-bond acceptors (Lipinski definition) is 3. The van der Waals surface area contributed by atoms with Gasteiger partial charge < -0.3 is 15.1 Å². The van der Waals surface area contributed by atoms with E-state index in [0.29, 0.717) is 30.3 Å². The lowest BCUT2D eigenvalue weighted by molar-refractivity contribution is -0.129. The molecule has 25 heavy (non-hydrogen) atoms. The molecule has 0 bridgehead atoms. The number of anilines is 1. The third kappa shape index (κ3) is 4.15. The van der Waals surface area contributed by atoms with E-state index in [1.165, 1.54) is 0 Å². The molecule has 2 heterocycles. The minimum atomic E-state index is 0.0145. The zero-order chi connectivity index (χ0) is 18.0. The van der Waals surface area contributed by atoms with Gasteiger partial charge in [-0.25, -0.2) is 0 Å². The second-order valence-electron chi connectivity index (χ2n) is 7.29. The summed E-state index contributed by atoms with van der Waals surface area (Å²) in [5.74, 6) is 0.834. The number of nitrogens with zero attached hydrogens (tertiary/aromatic N) is 2. The van der Waals surface area contributed by atoms with Crippen molar-refractivity contribution in [2.24, 2.45) is 5.92 Å². The van der Waals surface area contributed by atoms with Gasteiger partial charge in [-0.3, -0.25) is 9.59 Å². The molecule has 1 N–H and O–H groups in total. The molecule has 2 atom stereocenters. The van der Waals surface area contributed by atoms with Crippen molar-refractivity contribution >= 4 is 29.1 Å². The normalized spacial score (nSPS) is 22.1. The Kier molecular flexibility index (Phi) is 5.64. The van der Waals surface area contributed by atoms with Crippen molar-refractivity contribution < 1.29 is 9.59 Å². The van der Waals surface area contributed by atoms with Crippen LogP contribution in [0.5, 0.6) is 0 Å². The zero-order valence-electron chi connectivity index (χ0n) is 14.9. The van der Waals surface area contributed by atoms with E-state index >= 15 is 0 Å². The Hall–Kier alpha value is -1.59. The molecule has 2 aliphatic heterocycles. The molecule has 0 aromatic heterocycles. The molecular formula is C19H26ClN3O2. The van der Waals surface area contributed by atoms with Crippen LogP contribution in [0.1, 0.15) is 37.2 Å². The van der Waals surface area contributed by atoms with Crippen LogP contribution in [0.15, 0.2) is 18.2 Å². The standard InChI is InChI=1S/C19H26ClN3O2/c1-22(2)19(25)9-14-12-23(17-5-4-15(20)10-16(14)17)18(24)6-3-13-7-8-21-11-13/h4-5,10,13-14,21H,3,6-9,11-12H2,1-2H3. The number of carbonyl (C=O) groups excluding carboxylic acids is 2. The van der Waals surface area contributed by atoms with E-state index in [4.69, 9.17) is 11.6 Å². The highest BCUT2D eigenvalue weighted by Crippen LogP contribution is 2.40. The van der Waals surface area contributed by atoms with Crippen molar-refractivity contribution in [2.75, 3.05) is 38.6 Å². The van der Waals surface area contributed by atoms with Crippen LogP contribution in [-0.4, -0.2) is 50.4 Å². The number of benzene rings is 1. The average Bonchev–Trinajstić information content (AvgIpc) is 3.20. The third-order valence-corrected chi connectivity index (χ3v) is 5.51. The first-order valence-corrected chi connectivity index (χ1v) is 9.34. The summed E-state index contributed by atoms with van der Waals surface area (Å²) in [5.41, 5.74) is 1.93. The quantitative estimate of drug-likeness (QED) is 0.875. The minimum Gasteiger partial charge on any atom is -0.349 e. The van der Waals surface area contributed by atoms with Crippen LogP contribution in [0.2, 0.25) is 5.02 Å². The van der Waals surface area contributed by atoms with Gasteiger partial charge in [0.1, 0.15) is 0 Å². The summed E-state index contributed by atoms with van der Waals surface area (Å²) in [4.78, 5) is 28.4. The number of carbonyl (C=O) groups is 2. The Balaban J connectivity index is 1.72. The molecule has 0 saturated carbocycles. The Bertz CT molecular complexity index is 656. The second kappa shape index (κ2) is 7.75. The summed E-state index contributed by atoms with van der Waals surface area (Å²) in [7, 11) is 3.52. The lowest BCUT2D eigenvalue weighted by Gasteiger charge is -2.19. The Morgan fingerprint density at radius 2 is 2.16 bits per heavy atom. The number of rotatable bonds is 5. The number of amides is 2. The van der Waals surface area contributed by atoms with Crippen LogP contribution in [-0.2, 0) is 9.59 Å². The summed E-state index contributed by atoms with van der Waals surface area (Å²) >= 11 is 6.16. The van der Waals surface area contributed by atoms with Crippen LogP contribution < -0.4 is 10.2 Å². The van der Waals surface area contributed by atoms with Gasteiger partial charge in [0.05, 0.1) is 0 Å². The fourth-order valence-corrected chi connectivity index (χ4v) is 3.92. The summed E-state index contributed by atoms with van der Waals surface area (Å²) < 4.78 is 0. The summed E-state index contributed by atoms with van der Waals surface area (Å²) in [6.45, 7) is 2.63. The highest BCUT2D eigenvalue weighted by molar-refractivity contribution is 6.30. The van der Waals surface area contributed by atoms with Crippen molar-refractivity contribution in [3.63, 3.8) is 0 Å². The monoisotopic (exact) mass is 363 g/mol. The highest BCUT2D eigenvalue weighted by Gasteiger charge is 2.34. The molecule has 1 saturated heterocycles. The number of nitrogens with one attached hydrogen (secondary N) is 1. The van der Waals surface area contributed by atoms with Crippen LogP contribution in [0, 0.1) is 5.92 Å². The maximum atomic E-state index is 12.8. The number of halogens is 1. The topological polar surface area (TPSA) is 52.7 Å². The van der Waals surface area contributed by atoms with E-state index < -0.39 is 0 Å². The van der Waals surface area contributed by atoms with E-state index in [-0.39, 0.29) is 17.7 Å². The first-order chi connectivity index (χ1) is 12.0. The molecule has 2 aliphatic rings. The molecule has 1 aromatic rings. The van der Waals surface area contributed by atoms with Gasteiger partial charge in [-0.05, 0) is 55.6 Å². The predicted octanol–water partition coefficient (Wildman–Crippen LogP) is 2.64. The predicted molar refractivity (Wildman–Crippen MR) is 100 cm³/mol. The van der Waals surface area contributed by atoms with E-state index in [1.54, 1.807) is 19.0 Å². The highest BCUT2D eigenvalue weighted by atomic mass is 35.5. The van der Waals surface area contributed by atoms with Gasteiger partial charge in [-0.1, -0.05) is 11.6 Å². The van der Waals surface area contributed by atoms with E-state index in [1.807, 2.05) is 23.1 Å². The molecule has 0 spiro atoms. The van der Waals surface area contributed by atoms with Gasteiger partial charge >= 0.3 is 0 Å². The van der Waals surface area contributed by atoms with Crippen molar-refractivity contribution in [1.29, 1.82) is 0 Å². The second-order valence-corrected chi connectivity index (χ2v) is 7.73. The van der Waals surface area contributed by atoms with Crippen molar-refractivity contribution in [1.82, 2.24) is 10.2 Å². The largest absolute Gasteiger partial charge is 0.349 e. The lowest BCUT2D eigenvalue weighted by Crippen LogP contribution is -2.31. The van der Waals surface area contributed by atoms with Crippen LogP contribution >= 0.6 is 11.6 Å². The Morgan fingerprint density at radius 1 is 1.36 bits per heavy atom. The Labute approximate surface area is 154 Å². The van der Waals surface area contributed by atoms with Crippen molar-refractivity contribution in [3.05, 3.63) is 28.8 Å².